The molecule has 0 aromatic carbocycles. The Balaban J connectivity index is 1.80. The Kier molecular flexibility index (Phi) is 7.67. The lowest BCUT2D eigenvalue weighted by Crippen LogP contribution is -2.49. The molecule has 2 heterocycles. The standard InChI is InChI=1S/C14H23ClN4O2S3/c1-3-11-10-19(8-9-22-11)14(16-2)17-6-7-18-24(20,21)13-5-4-12(15)23-13/h4-5,11,18H,3,6-10H2,1-2H3,(H,16,17). The molecule has 10 heteroatoms. The van der Waals surface area contributed by atoms with Crippen LogP contribution in [0.2, 0.25) is 4.34 Å². The van der Waals surface area contributed by atoms with Crippen molar-refractivity contribution in [2.75, 3.05) is 39.0 Å². The van der Waals surface area contributed by atoms with Crippen LogP contribution in [0.5, 0.6) is 0 Å². The van der Waals surface area contributed by atoms with Crippen LogP contribution in [0.15, 0.2) is 21.3 Å². The van der Waals surface area contributed by atoms with Gasteiger partial charge in [-0.25, -0.2) is 13.1 Å². The van der Waals surface area contributed by atoms with Crippen LogP contribution in [-0.4, -0.2) is 63.5 Å². The lowest BCUT2D eigenvalue weighted by atomic mass is 10.3. The number of nitrogens with one attached hydrogen (secondary N) is 2. The average molecular weight is 411 g/mol. The lowest BCUT2D eigenvalue weighted by molar-refractivity contribution is 0.408. The zero-order valence-corrected chi connectivity index (χ0v) is 17.0. The molecule has 24 heavy (non-hydrogen) atoms. The zero-order valence-electron chi connectivity index (χ0n) is 13.8. The summed E-state index contributed by atoms with van der Waals surface area (Å²) in [7, 11) is -1.74. The van der Waals surface area contributed by atoms with Gasteiger partial charge in [-0.1, -0.05) is 18.5 Å². The van der Waals surface area contributed by atoms with Gasteiger partial charge in [0.1, 0.15) is 4.21 Å². The van der Waals surface area contributed by atoms with Gasteiger partial charge in [0, 0.05) is 44.2 Å². The van der Waals surface area contributed by atoms with Crippen LogP contribution in [0.4, 0.5) is 0 Å². The Morgan fingerprint density at radius 2 is 2.25 bits per heavy atom. The predicted molar refractivity (Wildman–Crippen MR) is 104 cm³/mol. The van der Waals surface area contributed by atoms with E-state index in [1.54, 1.807) is 13.1 Å². The Morgan fingerprint density at radius 3 is 2.88 bits per heavy atom. The maximum Gasteiger partial charge on any atom is 0.250 e. The van der Waals surface area contributed by atoms with Gasteiger partial charge in [-0.05, 0) is 18.6 Å². The molecule has 1 aromatic rings. The van der Waals surface area contributed by atoms with Crippen LogP contribution in [-0.2, 0) is 10.0 Å². The molecule has 1 aromatic heterocycles. The van der Waals surface area contributed by atoms with Crippen molar-refractivity contribution < 1.29 is 8.42 Å². The van der Waals surface area contributed by atoms with E-state index >= 15 is 0 Å². The van der Waals surface area contributed by atoms with Crippen LogP contribution in [0.25, 0.3) is 0 Å². The minimum atomic E-state index is -3.49. The first kappa shape index (κ1) is 19.8. The molecule has 6 nitrogen and oxygen atoms in total. The number of hydrogen-bond donors (Lipinski definition) is 2. The van der Waals surface area contributed by atoms with Gasteiger partial charge in [0.15, 0.2) is 5.96 Å². The number of guanidine groups is 1. The number of aliphatic imine (C=N–C) groups is 1. The lowest BCUT2D eigenvalue weighted by Gasteiger charge is -2.34. The highest BCUT2D eigenvalue weighted by Gasteiger charge is 2.21. The second kappa shape index (κ2) is 9.28. The molecule has 0 saturated carbocycles. The summed E-state index contributed by atoms with van der Waals surface area (Å²) in [5.41, 5.74) is 0. The van der Waals surface area contributed by atoms with Crippen molar-refractivity contribution in [1.29, 1.82) is 0 Å². The number of thioether (sulfide) groups is 1. The minimum absolute atomic E-state index is 0.232. The highest BCUT2D eigenvalue weighted by Crippen LogP contribution is 2.25. The van der Waals surface area contributed by atoms with Crippen molar-refractivity contribution in [2.24, 2.45) is 4.99 Å². The van der Waals surface area contributed by atoms with E-state index in [9.17, 15) is 8.42 Å². The number of halogens is 1. The van der Waals surface area contributed by atoms with Crippen molar-refractivity contribution in [1.82, 2.24) is 14.9 Å². The van der Waals surface area contributed by atoms with E-state index in [0.717, 1.165) is 42.6 Å². The third-order valence-electron chi connectivity index (χ3n) is 3.62. The Bertz CT molecular complexity index is 663. The molecule has 0 radical (unpaired) electrons. The quantitative estimate of drug-likeness (QED) is 0.426. The SMILES string of the molecule is CCC1CN(C(=NC)NCCNS(=O)(=O)c2ccc(Cl)s2)CCS1. The first-order valence-electron chi connectivity index (χ1n) is 7.78. The van der Waals surface area contributed by atoms with E-state index in [2.05, 4.69) is 26.9 Å². The highest BCUT2D eigenvalue weighted by atomic mass is 35.5. The predicted octanol–water partition coefficient (Wildman–Crippen LogP) is 2.08. The van der Waals surface area contributed by atoms with Crippen molar-refractivity contribution in [3.8, 4) is 0 Å². The molecular weight excluding hydrogens is 388 g/mol. The Hall–Kier alpha value is -0.480. The van der Waals surface area contributed by atoms with Crippen molar-refractivity contribution in [2.45, 2.75) is 22.8 Å². The summed E-state index contributed by atoms with van der Waals surface area (Å²) >= 11 is 8.84. The van der Waals surface area contributed by atoms with Gasteiger partial charge in [0.25, 0.3) is 0 Å². The molecule has 0 bridgehead atoms. The summed E-state index contributed by atoms with van der Waals surface area (Å²) < 4.78 is 27.5. The largest absolute Gasteiger partial charge is 0.355 e. The summed E-state index contributed by atoms with van der Waals surface area (Å²) in [5, 5.41) is 3.85. The van der Waals surface area contributed by atoms with E-state index in [1.807, 2.05) is 11.8 Å². The van der Waals surface area contributed by atoms with E-state index in [1.165, 1.54) is 6.07 Å². The molecule has 1 aliphatic rings. The van der Waals surface area contributed by atoms with Gasteiger partial charge < -0.3 is 10.2 Å². The van der Waals surface area contributed by atoms with Gasteiger partial charge in [-0.2, -0.15) is 11.8 Å². The number of sulfonamides is 1. The van der Waals surface area contributed by atoms with Crippen LogP contribution in [0.1, 0.15) is 13.3 Å². The topological polar surface area (TPSA) is 73.8 Å². The Labute approximate surface area is 157 Å². The van der Waals surface area contributed by atoms with Crippen molar-refractivity contribution in [3.05, 3.63) is 16.5 Å². The van der Waals surface area contributed by atoms with Gasteiger partial charge in [-0.3, -0.25) is 4.99 Å². The van der Waals surface area contributed by atoms with E-state index < -0.39 is 10.0 Å². The number of nitrogens with zero attached hydrogens (tertiary/aromatic N) is 2. The third kappa shape index (κ3) is 5.52. The first-order chi connectivity index (χ1) is 11.5. The molecule has 0 spiro atoms. The zero-order chi connectivity index (χ0) is 17.6. The molecule has 1 atom stereocenters. The second-order valence-electron chi connectivity index (χ2n) is 5.28. The second-order valence-corrected chi connectivity index (χ2v) is 10.4. The first-order valence-corrected chi connectivity index (χ1v) is 11.5. The molecule has 2 N–H and O–H groups in total. The van der Waals surface area contributed by atoms with E-state index in [-0.39, 0.29) is 10.8 Å². The summed E-state index contributed by atoms with van der Waals surface area (Å²) in [6, 6.07) is 3.09. The normalized spacial score (nSPS) is 19.5. The molecule has 136 valence electrons. The fourth-order valence-electron chi connectivity index (χ4n) is 2.36. The molecule has 1 unspecified atom stereocenters. The van der Waals surface area contributed by atoms with Crippen LogP contribution < -0.4 is 10.0 Å². The number of thiophene rings is 1. The highest BCUT2D eigenvalue weighted by molar-refractivity contribution is 8.00. The Morgan fingerprint density at radius 1 is 1.46 bits per heavy atom. The maximum absolute atomic E-state index is 12.1. The van der Waals surface area contributed by atoms with Crippen molar-refractivity contribution in [3.63, 3.8) is 0 Å². The molecule has 1 saturated heterocycles. The van der Waals surface area contributed by atoms with Crippen LogP contribution in [0, 0.1) is 0 Å². The molecule has 0 aliphatic carbocycles. The van der Waals surface area contributed by atoms with Crippen LogP contribution >= 0.6 is 34.7 Å². The fraction of sp³-hybridized carbons (Fsp3) is 0.643. The van der Waals surface area contributed by atoms with Gasteiger partial charge in [0.05, 0.1) is 4.34 Å². The molecule has 1 fully saturated rings. The van der Waals surface area contributed by atoms with Gasteiger partial charge >= 0.3 is 0 Å². The van der Waals surface area contributed by atoms with Crippen molar-refractivity contribution >= 4 is 50.7 Å². The fourth-order valence-corrected chi connectivity index (χ4v) is 6.10. The average Bonchev–Trinajstić information content (AvgIpc) is 3.02. The minimum Gasteiger partial charge on any atom is -0.355 e. The smallest absolute Gasteiger partial charge is 0.250 e. The number of hydrogen-bond acceptors (Lipinski definition) is 5. The molecule has 2 rings (SSSR count). The van der Waals surface area contributed by atoms with E-state index in [0.29, 0.717) is 16.1 Å². The number of rotatable bonds is 6. The monoisotopic (exact) mass is 410 g/mol. The van der Waals surface area contributed by atoms with Gasteiger partial charge in [0.2, 0.25) is 10.0 Å². The van der Waals surface area contributed by atoms with Gasteiger partial charge in [-0.15, -0.1) is 11.3 Å². The molecular formula is C14H23ClN4O2S3. The molecule has 0 amide bonds. The summed E-state index contributed by atoms with van der Waals surface area (Å²) in [6.07, 6.45) is 1.14. The third-order valence-corrected chi connectivity index (χ3v) is 8.18. The van der Waals surface area contributed by atoms with E-state index in [4.69, 9.17) is 11.6 Å². The summed E-state index contributed by atoms with van der Waals surface area (Å²) in [5.74, 6) is 1.91. The summed E-state index contributed by atoms with van der Waals surface area (Å²) in [4.78, 5) is 6.54. The molecule has 1 aliphatic heterocycles. The van der Waals surface area contributed by atoms with Crippen LogP contribution in [0.3, 0.4) is 0 Å². The maximum atomic E-state index is 12.1. The summed E-state index contributed by atoms with van der Waals surface area (Å²) in [6.45, 7) is 4.89.